The number of nitrogens with zero attached hydrogens (tertiary/aromatic N) is 2. The van der Waals surface area contributed by atoms with E-state index in [4.69, 9.17) is 9.15 Å². The van der Waals surface area contributed by atoms with Crippen molar-refractivity contribution in [2.75, 3.05) is 25.1 Å². The predicted molar refractivity (Wildman–Crippen MR) is 116 cm³/mol. The summed E-state index contributed by atoms with van der Waals surface area (Å²) in [5.41, 5.74) is 4.99. The predicted octanol–water partition coefficient (Wildman–Crippen LogP) is 4.81. The van der Waals surface area contributed by atoms with E-state index in [9.17, 15) is 4.79 Å². The molecule has 0 bridgehead atoms. The summed E-state index contributed by atoms with van der Waals surface area (Å²) in [6, 6.07) is 13.1. The fourth-order valence-corrected chi connectivity index (χ4v) is 3.31. The Bertz CT molecular complexity index is 1010. The first-order valence-electron chi connectivity index (χ1n) is 9.01. The number of anilines is 1. The van der Waals surface area contributed by atoms with Crippen LogP contribution in [0.25, 0.3) is 11.0 Å². The first kappa shape index (κ1) is 19.9. The number of rotatable bonds is 7. The maximum atomic E-state index is 12.3. The van der Waals surface area contributed by atoms with Gasteiger partial charge in [0.05, 0.1) is 13.3 Å². The molecule has 2 aromatic carbocycles. The van der Waals surface area contributed by atoms with Crippen molar-refractivity contribution in [1.82, 2.24) is 5.43 Å². The number of halogens is 1. The smallest absolute Gasteiger partial charge is 0.307 e. The molecule has 6 nitrogen and oxygen atoms in total. The highest BCUT2D eigenvalue weighted by molar-refractivity contribution is 9.10. The molecular formula is C21H22BrN3O3. The van der Waals surface area contributed by atoms with E-state index in [1.54, 1.807) is 19.4 Å². The molecule has 1 heterocycles. The molecule has 0 aliphatic carbocycles. The third kappa shape index (κ3) is 4.36. The molecule has 3 rings (SSSR count). The summed E-state index contributed by atoms with van der Waals surface area (Å²) in [5.74, 6) is 0.479. The minimum Gasteiger partial charge on any atom is -0.496 e. The van der Waals surface area contributed by atoms with Crippen LogP contribution in [0.5, 0.6) is 5.75 Å². The van der Waals surface area contributed by atoms with Crippen LogP contribution in [0.2, 0.25) is 0 Å². The Morgan fingerprint density at radius 3 is 2.71 bits per heavy atom. The molecular weight excluding hydrogens is 422 g/mol. The highest BCUT2D eigenvalue weighted by Gasteiger charge is 2.12. The fraction of sp³-hybridized carbons (Fsp3) is 0.238. The Morgan fingerprint density at radius 2 is 2.00 bits per heavy atom. The molecule has 28 heavy (non-hydrogen) atoms. The largest absolute Gasteiger partial charge is 0.496 e. The van der Waals surface area contributed by atoms with Crippen LogP contribution >= 0.6 is 15.9 Å². The van der Waals surface area contributed by atoms with Gasteiger partial charge in [-0.25, -0.2) is 5.43 Å². The second-order valence-corrected chi connectivity index (χ2v) is 7.01. The number of carbonyl (C=O) groups is 1. The topological polar surface area (TPSA) is 67.1 Å². The molecule has 0 aliphatic rings. The van der Waals surface area contributed by atoms with Crippen molar-refractivity contribution >= 4 is 44.7 Å². The van der Waals surface area contributed by atoms with Gasteiger partial charge in [0.1, 0.15) is 11.3 Å². The fourth-order valence-electron chi connectivity index (χ4n) is 2.93. The first-order valence-corrected chi connectivity index (χ1v) is 9.80. The number of benzene rings is 2. The van der Waals surface area contributed by atoms with Crippen molar-refractivity contribution in [2.45, 2.75) is 13.8 Å². The average Bonchev–Trinajstić information content (AvgIpc) is 3.12. The number of methoxy groups -OCH3 is 1. The van der Waals surface area contributed by atoms with Crippen molar-refractivity contribution in [3.63, 3.8) is 0 Å². The Labute approximate surface area is 172 Å². The SMILES string of the molecule is CCN(CC)c1ccc(/C=N/NC(=O)c2cc3cc(Br)ccc3o2)c(OC)c1. The van der Waals surface area contributed by atoms with Crippen LogP contribution in [0.4, 0.5) is 5.69 Å². The number of hydrogen-bond acceptors (Lipinski definition) is 5. The van der Waals surface area contributed by atoms with E-state index in [-0.39, 0.29) is 5.76 Å². The zero-order valence-electron chi connectivity index (χ0n) is 16.0. The van der Waals surface area contributed by atoms with Gasteiger partial charge in [0, 0.05) is 40.3 Å². The normalized spacial score (nSPS) is 11.1. The molecule has 0 saturated heterocycles. The van der Waals surface area contributed by atoms with E-state index in [1.165, 1.54) is 0 Å². The third-order valence-corrected chi connectivity index (χ3v) is 4.91. The van der Waals surface area contributed by atoms with Crippen LogP contribution in [-0.4, -0.2) is 32.3 Å². The van der Waals surface area contributed by atoms with Gasteiger partial charge in [-0.05, 0) is 50.2 Å². The lowest BCUT2D eigenvalue weighted by atomic mass is 10.2. The molecule has 0 atom stereocenters. The number of ether oxygens (including phenoxy) is 1. The van der Waals surface area contributed by atoms with Crippen molar-refractivity contribution in [3.05, 3.63) is 58.3 Å². The van der Waals surface area contributed by atoms with Gasteiger partial charge in [-0.15, -0.1) is 0 Å². The van der Waals surface area contributed by atoms with Gasteiger partial charge in [-0.3, -0.25) is 4.79 Å². The molecule has 0 unspecified atom stereocenters. The standard InChI is InChI=1S/C21H22BrN3O3/c1-4-25(5-2)17-8-6-14(19(12-17)27-3)13-23-24-21(26)20-11-15-10-16(22)7-9-18(15)28-20/h6-13H,4-5H2,1-3H3,(H,24,26)/b23-13+. The number of fused-ring (bicyclic) bond motifs is 1. The Morgan fingerprint density at radius 1 is 1.21 bits per heavy atom. The maximum Gasteiger partial charge on any atom is 0.307 e. The van der Waals surface area contributed by atoms with Crippen molar-refractivity contribution in [1.29, 1.82) is 0 Å². The van der Waals surface area contributed by atoms with E-state index in [2.05, 4.69) is 45.2 Å². The summed E-state index contributed by atoms with van der Waals surface area (Å²) in [6.45, 7) is 6.05. The number of hydrogen-bond donors (Lipinski definition) is 1. The number of furan rings is 1. The highest BCUT2D eigenvalue weighted by Crippen LogP contribution is 2.25. The minimum absolute atomic E-state index is 0.203. The zero-order valence-corrected chi connectivity index (χ0v) is 17.6. The Balaban J connectivity index is 1.73. The molecule has 146 valence electrons. The van der Waals surface area contributed by atoms with Crippen LogP contribution in [0, 0.1) is 0 Å². The van der Waals surface area contributed by atoms with Crippen LogP contribution in [0.1, 0.15) is 30.0 Å². The number of amides is 1. The van der Waals surface area contributed by atoms with Gasteiger partial charge in [0.2, 0.25) is 0 Å². The molecule has 1 N–H and O–H groups in total. The van der Waals surface area contributed by atoms with Gasteiger partial charge in [0.25, 0.3) is 0 Å². The lowest BCUT2D eigenvalue weighted by molar-refractivity contribution is 0.0929. The van der Waals surface area contributed by atoms with Crippen LogP contribution in [-0.2, 0) is 0 Å². The van der Waals surface area contributed by atoms with Gasteiger partial charge < -0.3 is 14.1 Å². The van der Waals surface area contributed by atoms with Crippen LogP contribution in [0.3, 0.4) is 0 Å². The quantitative estimate of drug-likeness (QED) is 0.420. The molecule has 1 aromatic heterocycles. The second kappa shape index (κ2) is 8.93. The molecule has 0 spiro atoms. The molecule has 0 fully saturated rings. The molecule has 0 saturated carbocycles. The van der Waals surface area contributed by atoms with E-state index in [1.807, 2.05) is 36.4 Å². The lowest BCUT2D eigenvalue weighted by Crippen LogP contribution is -2.21. The zero-order chi connectivity index (χ0) is 20.1. The summed E-state index contributed by atoms with van der Waals surface area (Å²) in [4.78, 5) is 14.5. The van der Waals surface area contributed by atoms with Gasteiger partial charge in [-0.2, -0.15) is 5.10 Å². The van der Waals surface area contributed by atoms with E-state index >= 15 is 0 Å². The first-order chi connectivity index (χ1) is 13.5. The highest BCUT2D eigenvalue weighted by atomic mass is 79.9. The summed E-state index contributed by atoms with van der Waals surface area (Å²) in [5, 5.41) is 4.89. The summed E-state index contributed by atoms with van der Waals surface area (Å²) < 4.78 is 11.9. The Kier molecular flexibility index (Phi) is 6.36. The number of carbonyl (C=O) groups excluding carboxylic acids is 1. The van der Waals surface area contributed by atoms with E-state index in [0.717, 1.165) is 34.2 Å². The lowest BCUT2D eigenvalue weighted by Gasteiger charge is -2.21. The van der Waals surface area contributed by atoms with E-state index < -0.39 is 5.91 Å². The third-order valence-electron chi connectivity index (χ3n) is 4.42. The molecule has 3 aromatic rings. The summed E-state index contributed by atoms with van der Waals surface area (Å²) in [7, 11) is 1.61. The minimum atomic E-state index is -0.415. The second-order valence-electron chi connectivity index (χ2n) is 6.09. The van der Waals surface area contributed by atoms with Gasteiger partial charge in [0.15, 0.2) is 5.76 Å². The summed E-state index contributed by atoms with van der Waals surface area (Å²) >= 11 is 3.40. The maximum absolute atomic E-state index is 12.3. The summed E-state index contributed by atoms with van der Waals surface area (Å²) in [6.07, 6.45) is 1.56. The molecule has 7 heteroatoms. The van der Waals surface area contributed by atoms with Crippen molar-refractivity contribution in [2.24, 2.45) is 5.10 Å². The molecule has 0 radical (unpaired) electrons. The van der Waals surface area contributed by atoms with Crippen molar-refractivity contribution in [3.8, 4) is 5.75 Å². The van der Waals surface area contributed by atoms with Crippen LogP contribution in [0.15, 0.2) is 56.5 Å². The van der Waals surface area contributed by atoms with Crippen molar-refractivity contribution < 1.29 is 13.9 Å². The molecule has 0 aliphatic heterocycles. The van der Waals surface area contributed by atoms with Gasteiger partial charge >= 0.3 is 5.91 Å². The average molecular weight is 444 g/mol. The monoisotopic (exact) mass is 443 g/mol. The van der Waals surface area contributed by atoms with Gasteiger partial charge in [-0.1, -0.05) is 15.9 Å². The number of hydrazone groups is 1. The molecule has 1 amide bonds. The van der Waals surface area contributed by atoms with Crippen LogP contribution < -0.4 is 15.1 Å². The van der Waals surface area contributed by atoms with E-state index in [0.29, 0.717) is 11.3 Å². The number of nitrogens with one attached hydrogen (secondary N) is 1. The Hall–Kier alpha value is -2.80.